The molecule has 2 aromatic heterocycles. The summed E-state index contributed by atoms with van der Waals surface area (Å²) in [4.78, 5) is 24.9. The summed E-state index contributed by atoms with van der Waals surface area (Å²) in [6, 6.07) is 16.5. The highest BCUT2D eigenvalue weighted by Crippen LogP contribution is 2.43. The van der Waals surface area contributed by atoms with Crippen LogP contribution in [0.2, 0.25) is 0 Å². The van der Waals surface area contributed by atoms with Gasteiger partial charge >= 0.3 is 13.5 Å². The van der Waals surface area contributed by atoms with Crippen molar-refractivity contribution in [3.8, 4) is 5.75 Å². The molecule has 5 N–H and O–H groups in total. The van der Waals surface area contributed by atoms with Crippen molar-refractivity contribution in [1.82, 2.24) is 24.6 Å². The van der Waals surface area contributed by atoms with Gasteiger partial charge in [0.25, 0.3) is 0 Å². The van der Waals surface area contributed by atoms with Crippen LogP contribution in [0.25, 0.3) is 11.2 Å². The molecule has 0 aliphatic heterocycles. The predicted molar refractivity (Wildman–Crippen MR) is 149 cm³/mol. The van der Waals surface area contributed by atoms with Gasteiger partial charge < -0.3 is 30.0 Å². The smallest absolute Gasteiger partial charge is 0.342 e. The lowest BCUT2D eigenvalue weighted by Gasteiger charge is -2.24. The van der Waals surface area contributed by atoms with Crippen molar-refractivity contribution in [2.45, 2.75) is 19.0 Å². The zero-order chi connectivity index (χ0) is 27.7. The van der Waals surface area contributed by atoms with E-state index in [1.54, 1.807) is 59.4 Å². The molecule has 2 atom stereocenters. The maximum atomic E-state index is 13.9. The number of benzene rings is 2. The summed E-state index contributed by atoms with van der Waals surface area (Å²) in [7, 11) is -3.81. The number of nitrogens with one attached hydrogen (secondary N) is 2. The van der Waals surface area contributed by atoms with Crippen LogP contribution in [0.3, 0.4) is 0 Å². The van der Waals surface area contributed by atoms with Gasteiger partial charge in [0.1, 0.15) is 18.1 Å². The number of ether oxygens (including phenoxy) is 1. The number of carboxylic acid groups (broad SMARTS) is 1. The molecule has 2 aromatic carbocycles. The quantitative estimate of drug-likeness (QED) is 0.0969. The Kier molecular flexibility index (Phi) is 9.27. The lowest BCUT2D eigenvalue weighted by Crippen LogP contribution is -2.38. The molecule has 4 rings (SSSR count). The van der Waals surface area contributed by atoms with E-state index in [4.69, 9.17) is 15.0 Å². The van der Waals surface area contributed by atoms with Crippen molar-refractivity contribution >= 4 is 36.4 Å². The average molecular weight is 552 g/mol. The first-order valence-electron chi connectivity index (χ1n) is 12.2. The number of fused-ring (bicyclic) bond motifs is 1. The van der Waals surface area contributed by atoms with Crippen LogP contribution in [0.5, 0.6) is 5.75 Å². The van der Waals surface area contributed by atoms with E-state index < -0.39 is 19.5 Å². The Morgan fingerprint density at radius 1 is 1.15 bits per heavy atom. The fourth-order valence-corrected chi connectivity index (χ4v) is 5.47. The Bertz CT molecular complexity index is 1450. The highest BCUT2D eigenvalue weighted by Gasteiger charge is 2.32. The van der Waals surface area contributed by atoms with Gasteiger partial charge in [-0.3, -0.25) is 9.36 Å². The highest BCUT2D eigenvalue weighted by molar-refractivity contribution is 7.57. The van der Waals surface area contributed by atoms with E-state index in [2.05, 4.69) is 31.9 Å². The molecule has 13 heteroatoms. The molecular formula is C26H30N7O5P. The molecule has 0 aliphatic rings. The predicted octanol–water partition coefficient (Wildman–Crippen LogP) is 3.54. The zero-order valence-electron chi connectivity index (χ0n) is 21.1. The van der Waals surface area contributed by atoms with Crippen LogP contribution < -0.4 is 20.7 Å². The van der Waals surface area contributed by atoms with E-state index in [1.165, 1.54) is 0 Å². The maximum absolute atomic E-state index is 13.9. The Balaban J connectivity index is 1.46. The molecule has 12 nitrogen and oxygen atoms in total. The van der Waals surface area contributed by atoms with Gasteiger partial charge in [-0.15, -0.1) is 6.58 Å². The van der Waals surface area contributed by atoms with E-state index in [0.29, 0.717) is 35.8 Å². The van der Waals surface area contributed by atoms with Gasteiger partial charge in [0.05, 0.1) is 12.9 Å². The molecule has 0 aliphatic carbocycles. The van der Waals surface area contributed by atoms with E-state index in [0.717, 1.165) is 5.56 Å². The van der Waals surface area contributed by atoms with Gasteiger partial charge in [-0.2, -0.15) is 9.97 Å². The minimum absolute atomic E-state index is 0.0832. The van der Waals surface area contributed by atoms with Crippen molar-refractivity contribution in [1.29, 1.82) is 0 Å². The number of para-hydroxylation sites is 1. The summed E-state index contributed by atoms with van der Waals surface area (Å²) in [6.07, 6.45) is 3.02. The van der Waals surface area contributed by atoms with Gasteiger partial charge in [0.2, 0.25) is 5.95 Å². The first-order chi connectivity index (χ1) is 18.9. The number of carboxylic acids is 1. The number of imidazole rings is 1. The Morgan fingerprint density at radius 3 is 2.56 bits per heavy atom. The first kappa shape index (κ1) is 27.8. The first-order valence-corrected chi connectivity index (χ1v) is 14.0. The normalized spacial score (nSPS) is 13.4. The van der Waals surface area contributed by atoms with Crippen LogP contribution in [0.1, 0.15) is 5.56 Å². The number of anilines is 2. The molecule has 0 spiro atoms. The number of hydrogen-bond acceptors (Lipinski definition) is 9. The number of hydrogen-bond donors (Lipinski definition) is 4. The van der Waals surface area contributed by atoms with E-state index >= 15 is 0 Å². The number of nitrogens with two attached hydrogens (primary N) is 1. The van der Waals surface area contributed by atoms with Gasteiger partial charge in [-0.25, -0.2) is 10.1 Å². The van der Waals surface area contributed by atoms with Gasteiger partial charge in [-0.1, -0.05) is 54.6 Å². The van der Waals surface area contributed by atoms with Crippen molar-refractivity contribution in [3.05, 3.63) is 85.2 Å². The van der Waals surface area contributed by atoms with Crippen molar-refractivity contribution in [2.24, 2.45) is 0 Å². The summed E-state index contributed by atoms with van der Waals surface area (Å²) in [5.41, 5.74) is 7.69. The molecule has 0 saturated carbocycles. The minimum Gasteiger partial charge on any atom is -0.480 e. The lowest BCUT2D eigenvalue weighted by atomic mass is 10.1. The largest absolute Gasteiger partial charge is 0.480 e. The van der Waals surface area contributed by atoms with Crippen molar-refractivity contribution in [3.63, 3.8) is 0 Å². The minimum atomic E-state index is -3.81. The van der Waals surface area contributed by atoms with Crippen LogP contribution in [-0.2, 0) is 27.1 Å². The van der Waals surface area contributed by atoms with Crippen molar-refractivity contribution in [2.75, 3.05) is 30.6 Å². The van der Waals surface area contributed by atoms with E-state index in [9.17, 15) is 14.5 Å². The summed E-state index contributed by atoms with van der Waals surface area (Å²) in [6.45, 7) is 4.58. The molecule has 4 aromatic rings. The molecule has 204 valence electrons. The number of nitrogens with zero attached hydrogens (tertiary/aromatic N) is 4. The second kappa shape index (κ2) is 13.0. The number of aromatic nitrogens is 4. The monoisotopic (exact) mass is 551 g/mol. The molecule has 0 bridgehead atoms. The Hall–Kier alpha value is -4.25. The maximum Gasteiger partial charge on any atom is 0.342 e. The number of rotatable bonds is 15. The SMILES string of the molecule is C=CCNc1nc(N)nc2c1ncn2CCOCP(=O)(N[C@@H](Cc1ccccc1)C(=O)O)Oc1ccccc1. The summed E-state index contributed by atoms with van der Waals surface area (Å²) >= 11 is 0. The van der Waals surface area contributed by atoms with Gasteiger partial charge in [0, 0.05) is 13.1 Å². The van der Waals surface area contributed by atoms with Crippen LogP contribution in [0, 0.1) is 0 Å². The molecule has 0 amide bonds. The number of aliphatic carboxylic acids is 1. The highest BCUT2D eigenvalue weighted by atomic mass is 31.2. The third-order valence-corrected chi connectivity index (χ3v) is 7.30. The third-order valence-electron chi connectivity index (χ3n) is 5.56. The second-order valence-electron chi connectivity index (χ2n) is 8.53. The summed E-state index contributed by atoms with van der Waals surface area (Å²) < 4.78 is 27.1. The molecule has 0 saturated heterocycles. The molecule has 2 heterocycles. The fraction of sp³-hybridized carbons (Fsp3) is 0.231. The molecule has 0 radical (unpaired) electrons. The fourth-order valence-electron chi connectivity index (χ4n) is 3.78. The summed E-state index contributed by atoms with van der Waals surface area (Å²) in [5.74, 6) is -0.258. The van der Waals surface area contributed by atoms with Crippen LogP contribution in [0.4, 0.5) is 11.8 Å². The average Bonchev–Trinajstić information content (AvgIpc) is 3.33. The van der Waals surface area contributed by atoms with E-state index in [1.807, 2.05) is 18.2 Å². The third kappa shape index (κ3) is 7.64. The van der Waals surface area contributed by atoms with Gasteiger partial charge in [0.15, 0.2) is 17.0 Å². The standard InChI is InChI=1S/C26H30N7O5P/c1-2-13-28-23-22-24(31-26(27)30-23)33(17-29-22)14-15-37-18-39(36,38-20-11-7-4-8-12-20)32-21(25(34)35)16-19-9-5-3-6-10-19/h2-12,17,21H,1,13-16,18H2,(H,32,36)(H,34,35)(H3,27,28,30,31)/t21-,39?/m0/s1. The Labute approximate surface area is 225 Å². The van der Waals surface area contributed by atoms with Crippen LogP contribution >= 0.6 is 7.52 Å². The lowest BCUT2D eigenvalue weighted by molar-refractivity contribution is -0.139. The van der Waals surface area contributed by atoms with Crippen LogP contribution in [0.15, 0.2) is 79.6 Å². The van der Waals surface area contributed by atoms with E-state index in [-0.39, 0.29) is 25.3 Å². The molecule has 0 fully saturated rings. The topological polar surface area (TPSA) is 167 Å². The molecular weight excluding hydrogens is 521 g/mol. The molecule has 39 heavy (non-hydrogen) atoms. The Morgan fingerprint density at radius 2 is 1.87 bits per heavy atom. The van der Waals surface area contributed by atoms with Crippen LogP contribution in [-0.4, -0.2) is 56.1 Å². The zero-order valence-corrected chi connectivity index (χ0v) is 22.0. The molecule has 1 unspecified atom stereocenters. The second-order valence-corrected chi connectivity index (χ2v) is 10.6. The number of nitrogen functional groups attached to an aromatic ring is 1. The van der Waals surface area contributed by atoms with Gasteiger partial charge in [-0.05, 0) is 24.1 Å². The van der Waals surface area contributed by atoms with Crippen molar-refractivity contribution < 1.29 is 23.7 Å². The number of carbonyl (C=O) groups is 1. The summed E-state index contributed by atoms with van der Waals surface area (Å²) in [5, 5.41) is 15.6.